The van der Waals surface area contributed by atoms with Gasteiger partial charge in [-0.15, -0.1) is 0 Å². The Bertz CT molecular complexity index is 1140. The Balaban J connectivity index is 1.59. The molecular weight excluding hydrogens is 513 g/mol. The number of sulfonamides is 1. The third-order valence-electron chi connectivity index (χ3n) is 5.56. The summed E-state index contributed by atoms with van der Waals surface area (Å²) in [5.74, 6) is -0.0346. The molecule has 1 aliphatic rings. The van der Waals surface area contributed by atoms with Crippen LogP contribution in [0.15, 0.2) is 53.4 Å². The van der Waals surface area contributed by atoms with Gasteiger partial charge in [-0.05, 0) is 43.3 Å². The van der Waals surface area contributed by atoms with Crippen molar-refractivity contribution in [1.29, 1.82) is 0 Å². The second kappa shape index (κ2) is 10.6. The summed E-state index contributed by atoms with van der Waals surface area (Å²) in [5, 5.41) is 12.4. The Morgan fingerprint density at radius 3 is 2.31 bits per heavy atom. The number of aliphatic hydroxyl groups is 1. The smallest absolute Gasteiger partial charge is 0.425 e. The normalized spacial score (nSPS) is 17.4. The van der Waals surface area contributed by atoms with E-state index in [4.69, 9.17) is 21.1 Å². The summed E-state index contributed by atoms with van der Waals surface area (Å²) >= 11 is 6.03. The Labute approximate surface area is 205 Å². The molecule has 2 aromatic rings. The van der Waals surface area contributed by atoms with Crippen LogP contribution in [0, 0.1) is 0 Å². The van der Waals surface area contributed by atoms with Crippen LogP contribution in [0.3, 0.4) is 0 Å². The number of nitrogens with one attached hydrogen (secondary N) is 1. The number of halogens is 4. The number of amides is 1. The van der Waals surface area contributed by atoms with E-state index in [1.807, 2.05) is 0 Å². The summed E-state index contributed by atoms with van der Waals surface area (Å²) in [6, 6.07) is 11.2. The lowest BCUT2D eigenvalue weighted by Gasteiger charge is -2.39. The third kappa shape index (κ3) is 6.57. The van der Waals surface area contributed by atoms with Crippen molar-refractivity contribution < 1.29 is 41.0 Å². The first-order chi connectivity index (χ1) is 16.4. The number of aliphatic hydroxyl groups excluding tert-OH is 1. The van der Waals surface area contributed by atoms with Gasteiger partial charge in [-0.25, -0.2) is 13.2 Å². The quantitative estimate of drug-likeness (QED) is 0.542. The summed E-state index contributed by atoms with van der Waals surface area (Å²) < 4.78 is 75.1. The average Bonchev–Trinajstić information content (AvgIpc) is 2.80. The van der Waals surface area contributed by atoms with Crippen molar-refractivity contribution in [3.8, 4) is 5.75 Å². The Morgan fingerprint density at radius 1 is 1.17 bits per heavy atom. The summed E-state index contributed by atoms with van der Waals surface area (Å²) in [7, 11) is -3.87. The molecule has 0 radical (unpaired) electrons. The van der Waals surface area contributed by atoms with Gasteiger partial charge in [0, 0.05) is 31.6 Å². The summed E-state index contributed by atoms with van der Waals surface area (Å²) in [6.45, 7) is 0.334. The lowest BCUT2D eigenvalue weighted by atomic mass is 9.93. The van der Waals surface area contributed by atoms with Crippen molar-refractivity contribution >= 4 is 33.4 Å². The molecule has 3 rings (SSSR count). The first-order valence-electron chi connectivity index (χ1n) is 10.6. The number of carbonyl (C=O) groups is 1. The SMILES string of the molecule is CC(Oc1ccc(NC(=O)OC2(CO)CCN(S(=O)(=O)c3ccccc3Cl)CC2)cc1)C(F)(F)F. The van der Waals surface area contributed by atoms with Crippen LogP contribution in [0.25, 0.3) is 0 Å². The maximum atomic E-state index is 12.9. The minimum absolute atomic E-state index is 0.00910. The first kappa shape index (κ1) is 27.1. The van der Waals surface area contributed by atoms with Gasteiger partial charge in [0.25, 0.3) is 0 Å². The number of nitrogens with zero attached hydrogens (tertiary/aromatic N) is 1. The molecule has 0 spiro atoms. The maximum absolute atomic E-state index is 12.9. The summed E-state index contributed by atoms with van der Waals surface area (Å²) in [4.78, 5) is 12.4. The second-order valence-corrected chi connectivity index (χ2v) is 10.3. The Morgan fingerprint density at radius 2 is 1.77 bits per heavy atom. The average molecular weight is 537 g/mol. The van der Waals surface area contributed by atoms with Crippen molar-refractivity contribution in [2.45, 2.75) is 42.5 Å². The van der Waals surface area contributed by atoms with E-state index in [1.165, 1.54) is 40.7 Å². The highest BCUT2D eigenvalue weighted by atomic mass is 35.5. The predicted molar refractivity (Wildman–Crippen MR) is 122 cm³/mol. The monoisotopic (exact) mass is 536 g/mol. The lowest BCUT2D eigenvalue weighted by Crippen LogP contribution is -2.51. The molecule has 1 fully saturated rings. The fourth-order valence-corrected chi connectivity index (χ4v) is 5.38. The number of hydrogen-bond donors (Lipinski definition) is 2. The summed E-state index contributed by atoms with van der Waals surface area (Å²) in [6.07, 6.45) is -7.32. The molecule has 0 saturated carbocycles. The highest BCUT2D eigenvalue weighted by molar-refractivity contribution is 7.89. The van der Waals surface area contributed by atoms with E-state index in [9.17, 15) is 31.5 Å². The molecule has 13 heteroatoms. The zero-order chi connectivity index (χ0) is 25.9. The van der Waals surface area contributed by atoms with Gasteiger partial charge in [-0.1, -0.05) is 23.7 Å². The molecule has 1 aliphatic heterocycles. The highest BCUT2D eigenvalue weighted by Crippen LogP contribution is 2.32. The van der Waals surface area contributed by atoms with Gasteiger partial charge in [-0.3, -0.25) is 5.32 Å². The molecule has 0 bridgehead atoms. The number of rotatable bonds is 7. The summed E-state index contributed by atoms with van der Waals surface area (Å²) in [5.41, 5.74) is -1.07. The van der Waals surface area contributed by atoms with E-state index in [0.717, 1.165) is 6.92 Å². The molecule has 1 amide bonds. The second-order valence-electron chi connectivity index (χ2n) is 8.02. The maximum Gasteiger partial charge on any atom is 0.425 e. The van der Waals surface area contributed by atoms with Crippen LogP contribution >= 0.6 is 11.6 Å². The molecule has 1 unspecified atom stereocenters. The van der Waals surface area contributed by atoms with Gasteiger partial charge in [0.1, 0.15) is 16.2 Å². The van der Waals surface area contributed by atoms with Gasteiger partial charge >= 0.3 is 12.3 Å². The van der Waals surface area contributed by atoms with Crippen LogP contribution in [-0.2, 0) is 14.8 Å². The molecule has 35 heavy (non-hydrogen) atoms. The standard InChI is InChI=1S/C22H24ClF3N2O6S/c1-15(22(24,25)26)33-17-8-6-16(7-9-17)27-20(30)34-21(14-29)10-12-28(13-11-21)35(31,32)19-5-3-2-4-18(19)23/h2-9,15,29H,10-14H2,1H3,(H,27,30). The first-order valence-corrected chi connectivity index (χ1v) is 12.4. The molecule has 2 N–H and O–H groups in total. The number of piperidine rings is 1. The van der Waals surface area contributed by atoms with Gasteiger partial charge in [-0.2, -0.15) is 17.5 Å². The number of hydrogen-bond acceptors (Lipinski definition) is 6. The molecule has 0 aromatic heterocycles. The van der Waals surface area contributed by atoms with E-state index >= 15 is 0 Å². The molecule has 8 nitrogen and oxygen atoms in total. The molecule has 1 saturated heterocycles. The number of anilines is 1. The van der Waals surface area contributed by atoms with Crippen molar-refractivity contribution in [2.24, 2.45) is 0 Å². The fourth-order valence-electron chi connectivity index (χ4n) is 3.45. The van der Waals surface area contributed by atoms with E-state index in [-0.39, 0.29) is 47.3 Å². The van der Waals surface area contributed by atoms with Crippen molar-refractivity contribution in [1.82, 2.24) is 4.31 Å². The van der Waals surface area contributed by atoms with Gasteiger partial charge in [0.15, 0.2) is 6.10 Å². The topological polar surface area (TPSA) is 105 Å². The largest absolute Gasteiger partial charge is 0.481 e. The molecule has 1 atom stereocenters. The Kier molecular flexibility index (Phi) is 8.20. The van der Waals surface area contributed by atoms with Crippen molar-refractivity contribution in [2.75, 3.05) is 25.0 Å². The molecule has 2 aromatic carbocycles. The van der Waals surface area contributed by atoms with Crippen LogP contribution in [0.5, 0.6) is 5.75 Å². The van der Waals surface area contributed by atoms with Crippen LogP contribution < -0.4 is 10.1 Å². The number of benzene rings is 2. The van der Waals surface area contributed by atoms with Crippen LogP contribution in [-0.4, -0.2) is 61.5 Å². The van der Waals surface area contributed by atoms with Crippen LogP contribution in [0.1, 0.15) is 19.8 Å². The van der Waals surface area contributed by atoms with Crippen LogP contribution in [0.4, 0.5) is 23.7 Å². The van der Waals surface area contributed by atoms with Gasteiger partial charge in [0.05, 0.1) is 11.6 Å². The zero-order valence-corrected chi connectivity index (χ0v) is 20.2. The van der Waals surface area contributed by atoms with Gasteiger partial charge < -0.3 is 14.6 Å². The van der Waals surface area contributed by atoms with E-state index < -0.39 is 40.6 Å². The molecule has 0 aliphatic carbocycles. The number of ether oxygens (including phenoxy) is 2. The van der Waals surface area contributed by atoms with E-state index in [2.05, 4.69) is 5.32 Å². The zero-order valence-electron chi connectivity index (χ0n) is 18.6. The van der Waals surface area contributed by atoms with E-state index in [0.29, 0.717) is 0 Å². The molecular formula is C22H24ClF3N2O6S. The predicted octanol–water partition coefficient (Wildman–Crippen LogP) is 4.43. The molecule has 1 heterocycles. The molecule has 192 valence electrons. The number of carbonyl (C=O) groups excluding carboxylic acids is 1. The van der Waals surface area contributed by atoms with Gasteiger partial charge in [0.2, 0.25) is 10.0 Å². The van der Waals surface area contributed by atoms with E-state index in [1.54, 1.807) is 12.1 Å². The van der Waals surface area contributed by atoms with Crippen LogP contribution in [0.2, 0.25) is 5.02 Å². The highest BCUT2D eigenvalue weighted by Gasteiger charge is 2.42. The fraction of sp³-hybridized carbons (Fsp3) is 0.409. The Hall–Kier alpha value is -2.54. The minimum atomic E-state index is -4.51. The lowest BCUT2D eigenvalue weighted by molar-refractivity contribution is -0.189. The third-order valence-corrected chi connectivity index (χ3v) is 7.96. The number of alkyl halides is 3. The minimum Gasteiger partial charge on any atom is -0.481 e. The van der Waals surface area contributed by atoms with Crippen molar-refractivity contribution in [3.63, 3.8) is 0 Å². The van der Waals surface area contributed by atoms with Crippen molar-refractivity contribution in [3.05, 3.63) is 53.6 Å².